The van der Waals surface area contributed by atoms with Crippen molar-refractivity contribution in [3.8, 4) is 0 Å². The Labute approximate surface area is 173 Å². The van der Waals surface area contributed by atoms with Crippen LogP contribution in [0.3, 0.4) is 0 Å². The van der Waals surface area contributed by atoms with Crippen molar-refractivity contribution in [2.24, 2.45) is 0 Å². The molecule has 0 radical (unpaired) electrons. The number of hydrogen-bond donors (Lipinski definition) is 1. The lowest BCUT2D eigenvalue weighted by Crippen LogP contribution is -2.48. The minimum Gasteiger partial charge on any atom is -0.340 e. The van der Waals surface area contributed by atoms with Gasteiger partial charge in [-0.05, 0) is 29.5 Å². The van der Waals surface area contributed by atoms with E-state index < -0.39 is 0 Å². The van der Waals surface area contributed by atoms with Crippen LogP contribution in [0.2, 0.25) is 0 Å². The molecule has 1 saturated heterocycles. The molecule has 2 amide bonds. The summed E-state index contributed by atoms with van der Waals surface area (Å²) in [7, 11) is 0. The molecule has 0 saturated carbocycles. The highest BCUT2D eigenvalue weighted by molar-refractivity contribution is 6.04. The minimum absolute atomic E-state index is 0.0958. The zero-order valence-corrected chi connectivity index (χ0v) is 17.6. The first-order valence-electron chi connectivity index (χ1n) is 10.4. The molecule has 3 rings (SSSR count). The molecule has 1 heterocycles. The molecule has 1 fully saturated rings. The number of para-hydroxylation sites is 1. The Balaban J connectivity index is 1.51. The van der Waals surface area contributed by atoms with Crippen LogP contribution in [0.4, 0.5) is 5.69 Å². The van der Waals surface area contributed by atoms with Crippen LogP contribution >= 0.6 is 0 Å². The lowest BCUT2D eigenvalue weighted by atomic mass is 9.98. The molecule has 0 aliphatic carbocycles. The number of nitrogens with zero attached hydrogens (tertiary/aromatic N) is 2. The number of rotatable bonds is 6. The highest BCUT2D eigenvalue weighted by atomic mass is 16.2. The molecule has 5 heteroatoms. The van der Waals surface area contributed by atoms with Crippen molar-refractivity contribution in [1.82, 2.24) is 9.80 Å². The van der Waals surface area contributed by atoms with Crippen LogP contribution in [0.5, 0.6) is 0 Å². The van der Waals surface area contributed by atoms with Gasteiger partial charge < -0.3 is 10.2 Å². The van der Waals surface area contributed by atoms with E-state index in [9.17, 15) is 9.59 Å². The minimum atomic E-state index is -0.238. The fourth-order valence-electron chi connectivity index (χ4n) is 3.77. The third kappa shape index (κ3) is 5.67. The van der Waals surface area contributed by atoms with Crippen LogP contribution in [0, 0.1) is 6.92 Å². The Morgan fingerprint density at radius 1 is 0.966 bits per heavy atom. The van der Waals surface area contributed by atoms with Gasteiger partial charge in [0.15, 0.2) is 0 Å². The molecule has 154 valence electrons. The number of hydrogen-bond acceptors (Lipinski definition) is 3. The van der Waals surface area contributed by atoms with E-state index in [1.807, 2.05) is 48.2 Å². The monoisotopic (exact) mass is 393 g/mol. The lowest BCUT2D eigenvalue weighted by molar-refractivity contribution is -0.136. The second-order valence-electron chi connectivity index (χ2n) is 8.06. The maximum atomic E-state index is 12.6. The first kappa shape index (κ1) is 21.1. The smallest absolute Gasteiger partial charge is 0.233 e. The van der Waals surface area contributed by atoms with E-state index in [1.54, 1.807) is 0 Å². The third-order valence-corrected chi connectivity index (χ3v) is 5.48. The fraction of sp³-hybridized carbons (Fsp3) is 0.417. The third-order valence-electron chi connectivity index (χ3n) is 5.48. The Bertz CT molecular complexity index is 840. The molecule has 1 aliphatic heterocycles. The van der Waals surface area contributed by atoms with Gasteiger partial charge in [-0.2, -0.15) is 0 Å². The summed E-state index contributed by atoms with van der Waals surface area (Å²) in [6.07, 6.45) is -0.107. The van der Waals surface area contributed by atoms with E-state index in [2.05, 4.69) is 36.2 Å². The van der Waals surface area contributed by atoms with Crippen LogP contribution in [-0.4, -0.2) is 47.8 Å². The number of piperazine rings is 1. The van der Waals surface area contributed by atoms with Crippen molar-refractivity contribution in [3.63, 3.8) is 0 Å². The van der Waals surface area contributed by atoms with Crippen LogP contribution in [0.1, 0.15) is 42.9 Å². The summed E-state index contributed by atoms with van der Waals surface area (Å²) in [5, 5.41) is 2.97. The number of nitrogens with one attached hydrogen (secondary N) is 1. The van der Waals surface area contributed by atoms with Gasteiger partial charge in [-0.3, -0.25) is 14.5 Å². The topological polar surface area (TPSA) is 52.7 Å². The molecule has 0 bridgehead atoms. The van der Waals surface area contributed by atoms with E-state index in [0.29, 0.717) is 19.0 Å². The maximum absolute atomic E-state index is 12.6. The van der Waals surface area contributed by atoms with Gasteiger partial charge in [-0.1, -0.05) is 62.4 Å². The molecule has 2 aromatic rings. The van der Waals surface area contributed by atoms with Gasteiger partial charge in [-0.15, -0.1) is 0 Å². The molecule has 1 aliphatic rings. The zero-order valence-electron chi connectivity index (χ0n) is 17.6. The molecule has 0 spiro atoms. The second-order valence-corrected chi connectivity index (χ2v) is 8.06. The maximum Gasteiger partial charge on any atom is 0.233 e. The summed E-state index contributed by atoms with van der Waals surface area (Å²) in [5.41, 5.74) is 4.24. The van der Waals surface area contributed by atoms with Crippen molar-refractivity contribution in [1.29, 1.82) is 0 Å². The second kappa shape index (κ2) is 9.70. The Morgan fingerprint density at radius 2 is 1.66 bits per heavy atom. The van der Waals surface area contributed by atoms with Gasteiger partial charge in [0.05, 0.1) is 0 Å². The number of anilines is 1. The van der Waals surface area contributed by atoms with Gasteiger partial charge >= 0.3 is 0 Å². The van der Waals surface area contributed by atoms with E-state index in [0.717, 1.165) is 36.4 Å². The molecular weight excluding hydrogens is 362 g/mol. The Kier molecular flexibility index (Phi) is 7.04. The first-order valence-corrected chi connectivity index (χ1v) is 10.4. The SMILES string of the molecule is Cc1cccc(C(C)C)c1NC(=O)CC(=O)N1CCN(Cc2ccccc2)CC1. The average molecular weight is 394 g/mol. The van der Waals surface area contributed by atoms with Gasteiger partial charge in [0.1, 0.15) is 6.42 Å². The highest BCUT2D eigenvalue weighted by Crippen LogP contribution is 2.27. The van der Waals surface area contributed by atoms with E-state index >= 15 is 0 Å². The highest BCUT2D eigenvalue weighted by Gasteiger charge is 2.23. The molecule has 0 atom stereocenters. The van der Waals surface area contributed by atoms with Gasteiger partial charge in [0.2, 0.25) is 11.8 Å². The van der Waals surface area contributed by atoms with Crippen molar-refractivity contribution in [2.75, 3.05) is 31.5 Å². The van der Waals surface area contributed by atoms with Crippen LogP contribution in [0.25, 0.3) is 0 Å². The molecule has 0 aromatic heterocycles. The Morgan fingerprint density at radius 3 is 2.31 bits per heavy atom. The van der Waals surface area contributed by atoms with Crippen molar-refractivity contribution >= 4 is 17.5 Å². The van der Waals surface area contributed by atoms with Crippen molar-refractivity contribution in [3.05, 3.63) is 65.2 Å². The molecule has 1 N–H and O–H groups in total. The van der Waals surface area contributed by atoms with Crippen LogP contribution < -0.4 is 5.32 Å². The summed E-state index contributed by atoms with van der Waals surface area (Å²) >= 11 is 0. The number of aryl methyl sites for hydroxylation is 1. The number of carbonyl (C=O) groups excluding carboxylic acids is 2. The van der Waals surface area contributed by atoms with Crippen LogP contribution in [-0.2, 0) is 16.1 Å². The molecule has 29 heavy (non-hydrogen) atoms. The van der Waals surface area contributed by atoms with Gasteiger partial charge in [0.25, 0.3) is 0 Å². The van der Waals surface area contributed by atoms with E-state index in [4.69, 9.17) is 0 Å². The number of carbonyl (C=O) groups is 2. The van der Waals surface area contributed by atoms with Crippen LogP contribution in [0.15, 0.2) is 48.5 Å². The number of benzene rings is 2. The molecule has 5 nitrogen and oxygen atoms in total. The molecule has 2 aromatic carbocycles. The Hall–Kier alpha value is -2.66. The summed E-state index contributed by atoms with van der Waals surface area (Å²) in [5.74, 6) is -0.0296. The zero-order chi connectivity index (χ0) is 20.8. The summed E-state index contributed by atoms with van der Waals surface area (Å²) in [6.45, 7) is 10.1. The summed E-state index contributed by atoms with van der Waals surface area (Å²) in [6, 6.07) is 16.4. The summed E-state index contributed by atoms with van der Waals surface area (Å²) < 4.78 is 0. The predicted octanol–water partition coefficient (Wildman–Crippen LogP) is 3.79. The first-order chi connectivity index (χ1) is 13.9. The molecule has 0 unspecified atom stereocenters. The van der Waals surface area contributed by atoms with Gasteiger partial charge in [-0.25, -0.2) is 0 Å². The normalized spacial score (nSPS) is 14.8. The largest absolute Gasteiger partial charge is 0.340 e. The number of amides is 2. The lowest BCUT2D eigenvalue weighted by Gasteiger charge is -2.34. The quantitative estimate of drug-likeness (QED) is 0.760. The average Bonchev–Trinajstić information content (AvgIpc) is 2.70. The van der Waals surface area contributed by atoms with Crippen molar-refractivity contribution < 1.29 is 9.59 Å². The van der Waals surface area contributed by atoms with E-state index in [-0.39, 0.29) is 18.2 Å². The summed E-state index contributed by atoms with van der Waals surface area (Å²) in [4.78, 5) is 29.3. The van der Waals surface area contributed by atoms with Crippen molar-refractivity contribution in [2.45, 2.75) is 39.7 Å². The fourth-order valence-corrected chi connectivity index (χ4v) is 3.77. The van der Waals surface area contributed by atoms with Gasteiger partial charge in [0, 0.05) is 38.4 Å². The van der Waals surface area contributed by atoms with E-state index in [1.165, 1.54) is 5.56 Å². The molecular formula is C24H31N3O2. The predicted molar refractivity (Wildman–Crippen MR) is 117 cm³/mol. The standard InChI is InChI=1S/C24H31N3O2/c1-18(2)21-11-7-8-19(3)24(21)25-22(28)16-23(29)27-14-12-26(13-15-27)17-20-9-5-4-6-10-20/h4-11,18H,12-17H2,1-3H3,(H,25,28).